The van der Waals surface area contributed by atoms with Crippen LogP contribution >= 0.6 is 0 Å². The lowest BCUT2D eigenvalue weighted by molar-refractivity contribution is -0.792. The summed E-state index contributed by atoms with van der Waals surface area (Å²) in [6, 6.07) is 8.46. The zero-order valence-electron chi connectivity index (χ0n) is 11.7. The van der Waals surface area contributed by atoms with Gasteiger partial charge in [0.15, 0.2) is 5.84 Å². The maximum absolute atomic E-state index is 11.4. The lowest BCUT2D eigenvalue weighted by atomic mass is 10.1. The van der Waals surface area contributed by atoms with E-state index in [0.29, 0.717) is 5.56 Å². The Balaban J connectivity index is 2.60. The van der Waals surface area contributed by atoms with Gasteiger partial charge in [-0.2, -0.15) is 0 Å². The molecule has 0 aromatic heterocycles. The Morgan fingerprint density at radius 3 is 2.32 bits per heavy atom. The van der Waals surface area contributed by atoms with Gasteiger partial charge < -0.3 is 10.6 Å². The molecule has 0 heterocycles. The molecule has 0 spiro atoms. The molecule has 0 bridgehead atoms. The molecule has 0 fully saturated rings. The van der Waals surface area contributed by atoms with E-state index in [4.69, 9.17) is 5.73 Å². The molecule has 10 nitrogen and oxygen atoms in total. The topological polar surface area (TPSA) is 151 Å². The highest BCUT2D eigenvalue weighted by Crippen LogP contribution is 2.17. The summed E-state index contributed by atoms with van der Waals surface area (Å²) in [6.45, 7) is 0.821. The average Bonchev–Trinajstić information content (AvgIpc) is 2.50. The van der Waals surface area contributed by atoms with Gasteiger partial charge in [0.05, 0.1) is 29.6 Å². The average molecular weight is 310 g/mol. The smallest absolute Gasteiger partial charge is 0.380 e. The predicted octanol–water partition coefficient (Wildman–Crippen LogP) is 0.900. The summed E-state index contributed by atoms with van der Waals surface area (Å²) in [6.07, 6.45) is -1.16. The SMILES string of the molecule is CC(CCC(=O)O/N=C(\N)c1ccccc1)([N+](=O)[O-])[N+](=O)[O-]. The molecule has 0 aliphatic heterocycles. The van der Waals surface area contributed by atoms with Crippen molar-refractivity contribution >= 4 is 11.8 Å². The molecule has 0 aliphatic carbocycles. The Morgan fingerprint density at radius 1 is 1.27 bits per heavy atom. The number of hydrogen-bond donors (Lipinski definition) is 1. The summed E-state index contributed by atoms with van der Waals surface area (Å²) in [5.74, 6) is -1.01. The molecule has 1 aromatic carbocycles. The van der Waals surface area contributed by atoms with Gasteiger partial charge in [-0.05, 0) is 0 Å². The number of hydrogen-bond acceptors (Lipinski definition) is 7. The number of rotatable bonds is 7. The molecule has 0 amide bonds. The highest BCUT2D eigenvalue weighted by Gasteiger charge is 2.50. The third-order valence-corrected chi connectivity index (χ3v) is 2.90. The first-order valence-electron chi connectivity index (χ1n) is 6.15. The van der Waals surface area contributed by atoms with Gasteiger partial charge in [-0.15, -0.1) is 0 Å². The quantitative estimate of drug-likeness (QED) is 0.196. The summed E-state index contributed by atoms with van der Waals surface area (Å²) >= 11 is 0. The number of amidine groups is 1. The van der Waals surface area contributed by atoms with Crippen LogP contribution in [-0.4, -0.2) is 27.3 Å². The molecule has 0 unspecified atom stereocenters. The summed E-state index contributed by atoms with van der Waals surface area (Å²) < 4.78 is 0. The van der Waals surface area contributed by atoms with Crippen molar-refractivity contribution in [3.8, 4) is 0 Å². The maximum atomic E-state index is 11.4. The summed E-state index contributed by atoms with van der Waals surface area (Å²) in [5.41, 5.74) is 3.65. The fourth-order valence-electron chi connectivity index (χ4n) is 1.40. The highest BCUT2D eigenvalue weighted by molar-refractivity contribution is 5.97. The standard InChI is InChI=1S/C12H14N4O6/c1-12(15(18)19,16(20)21)8-7-10(17)22-14-11(13)9-5-3-2-4-6-9/h2-6H,7-8H2,1H3,(H2,13,14). The second kappa shape index (κ2) is 7.11. The molecule has 1 rings (SSSR count). The monoisotopic (exact) mass is 310 g/mol. The van der Waals surface area contributed by atoms with Crippen LogP contribution in [0.1, 0.15) is 25.3 Å². The Hall–Kier alpha value is -3.04. The second-order valence-electron chi connectivity index (χ2n) is 4.54. The van der Waals surface area contributed by atoms with Crippen LogP contribution in [0.4, 0.5) is 0 Å². The molecule has 0 aliphatic rings. The van der Waals surface area contributed by atoms with Gasteiger partial charge in [0.25, 0.3) is 0 Å². The van der Waals surface area contributed by atoms with E-state index in [1.165, 1.54) is 0 Å². The van der Waals surface area contributed by atoms with Crippen molar-refractivity contribution in [3.63, 3.8) is 0 Å². The maximum Gasteiger partial charge on any atom is 0.456 e. The normalized spacial score (nSPS) is 11.8. The molecule has 2 N–H and O–H groups in total. The van der Waals surface area contributed by atoms with E-state index in [-0.39, 0.29) is 5.84 Å². The van der Waals surface area contributed by atoms with E-state index in [0.717, 1.165) is 6.92 Å². The van der Waals surface area contributed by atoms with E-state index in [9.17, 15) is 25.0 Å². The van der Waals surface area contributed by atoms with Crippen molar-refractivity contribution in [1.29, 1.82) is 0 Å². The number of nitrogens with zero attached hydrogens (tertiary/aromatic N) is 3. The zero-order chi connectivity index (χ0) is 16.8. The number of nitrogens with two attached hydrogens (primary N) is 1. The first kappa shape index (κ1) is 17.0. The van der Waals surface area contributed by atoms with Gasteiger partial charge in [-0.3, -0.25) is 20.2 Å². The molecule has 0 atom stereocenters. The Bertz CT molecular complexity index is 587. The molecular formula is C12H14N4O6. The molecule has 1 aromatic rings. The van der Waals surface area contributed by atoms with Gasteiger partial charge in [0.2, 0.25) is 0 Å². The van der Waals surface area contributed by atoms with Crippen molar-refractivity contribution < 1.29 is 19.5 Å². The van der Waals surface area contributed by atoms with Crippen LogP contribution in [0.3, 0.4) is 0 Å². The van der Waals surface area contributed by atoms with Crippen molar-refractivity contribution in [2.75, 3.05) is 0 Å². The third kappa shape index (κ3) is 4.23. The van der Waals surface area contributed by atoms with Gasteiger partial charge in [0, 0.05) is 5.56 Å². The second-order valence-corrected chi connectivity index (χ2v) is 4.54. The molecule has 118 valence electrons. The van der Waals surface area contributed by atoms with E-state index in [1.54, 1.807) is 30.3 Å². The van der Waals surface area contributed by atoms with Gasteiger partial charge in [-0.25, -0.2) is 4.79 Å². The first-order chi connectivity index (χ1) is 10.3. The van der Waals surface area contributed by atoms with Crippen molar-refractivity contribution in [2.24, 2.45) is 10.9 Å². The number of carbonyl (C=O) groups excluding carboxylic acids is 1. The van der Waals surface area contributed by atoms with Gasteiger partial charge in [0.1, 0.15) is 0 Å². The zero-order valence-corrected chi connectivity index (χ0v) is 11.7. The molecular weight excluding hydrogens is 296 g/mol. The van der Waals surface area contributed by atoms with Gasteiger partial charge >= 0.3 is 11.6 Å². The third-order valence-electron chi connectivity index (χ3n) is 2.90. The van der Waals surface area contributed by atoms with E-state index < -0.39 is 34.3 Å². The van der Waals surface area contributed by atoms with Crippen molar-refractivity contribution in [2.45, 2.75) is 25.4 Å². The fraction of sp³-hybridized carbons (Fsp3) is 0.333. The van der Waals surface area contributed by atoms with Crippen molar-refractivity contribution in [3.05, 3.63) is 56.1 Å². The number of benzene rings is 1. The minimum atomic E-state index is -2.45. The molecule has 10 heteroatoms. The van der Waals surface area contributed by atoms with Crippen LogP contribution in [0.15, 0.2) is 35.5 Å². The van der Waals surface area contributed by atoms with E-state index >= 15 is 0 Å². The van der Waals surface area contributed by atoms with Crippen LogP contribution in [0.5, 0.6) is 0 Å². The molecule has 0 saturated heterocycles. The van der Waals surface area contributed by atoms with E-state index in [2.05, 4.69) is 9.99 Å². The number of oxime groups is 1. The lowest BCUT2D eigenvalue weighted by Gasteiger charge is -2.11. The minimum absolute atomic E-state index is 0.0553. The lowest BCUT2D eigenvalue weighted by Crippen LogP contribution is -2.43. The summed E-state index contributed by atoms with van der Waals surface area (Å²) in [4.78, 5) is 35.2. The van der Waals surface area contributed by atoms with Crippen LogP contribution in [0, 0.1) is 20.2 Å². The fourth-order valence-corrected chi connectivity index (χ4v) is 1.40. The van der Waals surface area contributed by atoms with Gasteiger partial charge in [-0.1, -0.05) is 35.5 Å². The Morgan fingerprint density at radius 2 is 1.82 bits per heavy atom. The number of nitro groups is 2. The molecule has 0 radical (unpaired) electrons. The van der Waals surface area contributed by atoms with Crippen LogP contribution in [-0.2, 0) is 9.63 Å². The summed E-state index contributed by atoms with van der Waals surface area (Å²) in [5, 5.41) is 24.8. The Labute approximate surface area is 124 Å². The minimum Gasteiger partial charge on any atom is -0.380 e. The highest BCUT2D eigenvalue weighted by atomic mass is 16.7. The summed E-state index contributed by atoms with van der Waals surface area (Å²) in [7, 11) is 0. The Kier molecular flexibility index (Phi) is 5.50. The van der Waals surface area contributed by atoms with E-state index in [1.807, 2.05) is 0 Å². The largest absolute Gasteiger partial charge is 0.456 e. The van der Waals surface area contributed by atoms with Crippen molar-refractivity contribution in [1.82, 2.24) is 0 Å². The first-order valence-corrected chi connectivity index (χ1v) is 6.15. The van der Waals surface area contributed by atoms with Crippen LogP contribution < -0.4 is 5.73 Å². The number of carbonyl (C=O) groups is 1. The molecule has 22 heavy (non-hydrogen) atoms. The van der Waals surface area contributed by atoms with Crippen LogP contribution in [0.2, 0.25) is 0 Å². The predicted molar refractivity (Wildman–Crippen MR) is 74.9 cm³/mol. The van der Waals surface area contributed by atoms with Crippen LogP contribution in [0.25, 0.3) is 0 Å². The molecule has 0 saturated carbocycles.